The Bertz CT molecular complexity index is 285. The second-order valence-corrected chi connectivity index (χ2v) is 2.96. The number of aryl methyl sites for hydroxylation is 1. The third-order valence-corrected chi connectivity index (χ3v) is 1.62. The molecular formula is C8H11ClN2O2. The molecular weight excluding hydrogens is 192 g/mol. The molecule has 0 spiro atoms. The summed E-state index contributed by atoms with van der Waals surface area (Å²) in [4.78, 5) is 14.9. The topological polar surface area (TPSA) is 55.1 Å². The molecule has 0 aromatic carbocycles. The zero-order valence-corrected chi connectivity index (χ0v) is 8.10. The number of rotatable bonds is 4. The molecule has 0 saturated carbocycles. The smallest absolute Gasteiger partial charge is 0.221 e. The molecule has 0 saturated heterocycles. The number of aromatic nitrogens is 1. The molecule has 0 aliphatic rings. The van der Waals surface area contributed by atoms with Crippen LogP contribution in [-0.2, 0) is 11.3 Å². The standard InChI is InChI=1S/C8H11ClN2O2/c1-6-4-11-8(13-6)5-10-7(12)2-3-9/h4H,2-3,5H2,1H3,(H,10,12). The van der Waals surface area contributed by atoms with E-state index in [1.54, 1.807) is 13.1 Å². The molecule has 4 nitrogen and oxygen atoms in total. The van der Waals surface area contributed by atoms with Crippen LogP contribution >= 0.6 is 11.6 Å². The van der Waals surface area contributed by atoms with Gasteiger partial charge in [-0.05, 0) is 6.92 Å². The summed E-state index contributed by atoms with van der Waals surface area (Å²) in [6.07, 6.45) is 1.93. The summed E-state index contributed by atoms with van der Waals surface area (Å²) in [5, 5.41) is 2.63. The Kier molecular flexibility index (Phi) is 3.76. The Morgan fingerprint density at radius 1 is 1.77 bits per heavy atom. The normalized spacial score (nSPS) is 10.0. The van der Waals surface area contributed by atoms with E-state index in [0.29, 0.717) is 24.7 Å². The molecule has 0 bridgehead atoms. The molecule has 72 valence electrons. The summed E-state index contributed by atoms with van der Waals surface area (Å²) in [6.45, 7) is 2.13. The summed E-state index contributed by atoms with van der Waals surface area (Å²) in [5.41, 5.74) is 0. The summed E-state index contributed by atoms with van der Waals surface area (Å²) in [6, 6.07) is 0. The van der Waals surface area contributed by atoms with E-state index in [9.17, 15) is 4.79 Å². The minimum Gasteiger partial charge on any atom is -0.444 e. The van der Waals surface area contributed by atoms with Gasteiger partial charge in [0, 0.05) is 12.3 Å². The predicted octanol–water partition coefficient (Wildman–Crippen LogP) is 1.23. The van der Waals surface area contributed by atoms with Gasteiger partial charge in [0.15, 0.2) is 0 Å². The molecule has 1 rings (SSSR count). The molecule has 0 atom stereocenters. The van der Waals surface area contributed by atoms with Crippen LogP contribution in [0.4, 0.5) is 0 Å². The number of carbonyl (C=O) groups is 1. The first-order valence-corrected chi connectivity index (χ1v) is 4.50. The van der Waals surface area contributed by atoms with Crippen LogP contribution in [-0.4, -0.2) is 16.8 Å². The lowest BCUT2D eigenvalue weighted by atomic mass is 10.4. The molecule has 1 heterocycles. The average Bonchev–Trinajstić information content (AvgIpc) is 2.49. The fourth-order valence-electron chi connectivity index (χ4n) is 0.832. The monoisotopic (exact) mass is 202 g/mol. The van der Waals surface area contributed by atoms with Crippen molar-refractivity contribution in [2.75, 3.05) is 5.88 Å². The van der Waals surface area contributed by atoms with E-state index < -0.39 is 0 Å². The van der Waals surface area contributed by atoms with Crippen LogP contribution in [0.2, 0.25) is 0 Å². The van der Waals surface area contributed by atoms with E-state index in [1.807, 2.05) is 0 Å². The molecule has 5 heteroatoms. The van der Waals surface area contributed by atoms with Crippen LogP contribution in [0.5, 0.6) is 0 Å². The number of alkyl halides is 1. The van der Waals surface area contributed by atoms with Crippen LogP contribution in [0.25, 0.3) is 0 Å². The van der Waals surface area contributed by atoms with Crippen molar-refractivity contribution in [1.82, 2.24) is 10.3 Å². The first-order chi connectivity index (χ1) is 6.22. The van der Waals surface area contributed by atoms with Crippen LogP contribution in [0.15, 0.2) is 10.6 Å². The van der Waals surface area contributed by atoms with E-state index >= 15 is 0 Å². The second-order valence-electron chi connectivity index (χ2n) is 2.58. The fourth-order valence-corrected chi connectivity index (χ4v) is 1.00. The first-order valence-electron chi connectivity index (χ1n) is 3.96. The highest BCUT2D eigenvalue weighted by molar-refractivity contribution is 6.18. The SMILES string of the molecule is Cc1cnc(CNC(=O)CCCl)o1. The van der Waals surface area contributed by atoms with Crippen LogP contribution in [0, 0.1) is 6.92 Å². The summed E-state index contributed by atoms with van der Waals surface area (Å²) < 4.78 is 5.15. The number of halogens is 1. The van der Waals surface area contributed by atoms with E-state index in [-0.39, 0.29) is 5.91 Å². The molecule has 13 heavy (non-hydrogen) atoms. The van der Waals surface area contributed by atoms with Gasteiger partial charge in [0.1, 0.15) is 5.76 Å². The number of nitrogens with zero attached hydrogens (tertiary/aromatic N) is 1. The van der Waals surface area contributed by atoms with Gasteiger partial charge >= 0.3 is 0 Å². The third kappa shape index (κ3) is 3.46. The van der Waals surface area contributed by atoms with Gasteiger partial charge in [-0.2, -0.15) is 0 Å². The molecule has 0 fully saturated rings. The van der Waals surface area contributed by atoms with Crippen LogP contribution in [0.3, 0.4) is 0 Å². The third-order valence-electron chi connectivity index (χ3n) is 1.43. The Morgan fingerprint density at radius 3 is 3.08 bits per heavy atom. The maximum absolute atomic E-state index is 11.0. The molecule has 0 radical (unpaired) electrons. The molecule has 0 unspecified atom stereocenters. The van der Waals surface area contributed by atoms with Crippen molar-refractivity contribution in [3.8, 4) is 0 Å². The maximum atomic E-state index is 11.0. The first kappa shape index (κ1) is 10.1. The van der Waals surface area contributed by atoms with Crippen molar-refractivity contribution in [3.05, 3.63) is 17.8 Å². The number of oxazole rings is 1. The summed E-state index contributed by atoms with van der Waals surface area (Å²) in [5.74, 6) is 1.49. The lowest BCUT2D eigenvalue weighted by Crippen LogP contribution is -2.22. The number of hydrogen-bond donors (Lipinski definition) is 1. The Labute approximate surface area is 81.3 Å². The minimum absolute atomic E-state index is 0.0918. The van der Waals surface area contributed by atoms with E-state index in [0.717, 1.165) is 5.76 Å². The molecule has 0 aliphatic heterocycles. The highest BCUT2D eigenvalue weighted by atomic mass is 35.5. The number of amides is 1. The van der Waals surface area contributed by atoms with Crippen molar-refractivity contribution >= 4 is 17.5 Å². The van der Waals surface area contributed by atoms with Gasteiger partial charge in [-0.3, -0.25) is 4.79 Å². The van der Waals surface area contributed by atoms with Gasteiger partial charge in [-0.1, -0.05) is 0 Å². The van der Waals surface area contributed by atoms with Crippen molar-refractivity contribution in [2.45, 2.75) is 19.9 Å². The minimum atomic E-state index is -0.0918. The summed E-state index contributed by atoms with van der Waals surface area (Å²) in [7, 11) is 0. The molecule has 1 aromatic rings. The Hall–Kier alpha value is -1.03. The zero-order valence-electron chi connectivity index (χ0n) is 7.34. The molecule has 1 aromatic heterocycles. The lowest BCUT2D eigenvalue weighted by molar-refractivity contribution is -0.120. The van der Waals surface area contributed by atoms with Gasteiger partial charge in [0.05, 0.1) is 12.7 Å². The summed E-state index contributed by atoms with van der Waals surface area (Å²) >= 11 is 5.38. The predicted molar refractivity (Wildman–Crippen MR) is 48.4 cm³/mol. The van der Waals surface area contributed by atoms with E-state index in [4.69, 9.17) is 16.0 Å². The van der Waals surface area contributed by atoms with Gasteiger partial charge in [-0.25, -0.2) is 4.98 Å². The largest absolute Gasteiger partial charge is 0.444 e. The number of nitrogens with one attached hydrogen (secondary N) is 1. The van der Waals surface area contributed by atoms with Gasteiger partial charge in [0.25, 0.3) is 0 Å². The number of hydrogen-bond acceptors (Lipinski definition) is 3. The van der Waals surface area contributed by atoms with Crippen LogP contribution in [0.1, 0.15) is 18.1 Å². The fraction of sp³-hybridized carbons (Fsp3) is 0.500. The van der Waals surface area contributed by atoms with Crippen molar-refractivity contribution in [3.63, 3.8) is 0 Å². The molecule has 1 N–H and O–H groups in total. The van der Waals surface area contributed by atoms with Gasteiger partial charge in [-0.15, -0.1) is 11.6 Å². The quantitative estimate of drug-likeness (QED) is 0.748. The second kappa shape index (κ2) is 4.87. The molecule has 0 aliphatic carbocycles. The average molecular weight is 203 g/mol. The van der Waals surface area contributed by atoms with Crippen molar-refractivity contribution in [2.24, 2.45) is 0 Å². The maximum Gasteiger partial charge on any atom is 0.221 e. The highest BCUT2D eigenvalue weighted by Gasteiger charge is 2.03. The lowest BCUT2D eigenvalue weighted by Gasteiger charge is -1.99. The zero-order chi connectivity index (χ0) is 9.68. The van der Waals surface area contributed by atoms with Gasteiger partial charge < -0.3 is 9.73 Å². The van der Waals surface area contributed by atoms with E-state index in [2.05, 4.69) is 10.3 Å². The highest BCUT2D eigenvalue weighted by Crippen LogP contribution is 2.00. The van der Waals surface area contributed by atoms with Crippen molar-refractivity contribution < 1.29 is 9.21 Å². The van der Waals surface area contributed by atoms with E-state index in [1.165, 1.54) is 0 Å². The Balaban J connectivity index is 2.30. The van der Waals surface area contributed by atoms with Crippen molar-refractivity contribution in [1.29, 1.82) is 0 Å². The molecule has 1 amide bonds. The Morgan fingerprint density at radius 2 is 2.54 bits per heavy atom. The van der Waals surface area contributed by atoms with Crippen LogP contribution < -0.4 is 5.32 Å². The number of carbonyl (C=O) groups excluding carboxylic acids is 1. The van der Waals surface area contributed by atoms with Gasteiger partial charge in [0.2, 0.25) is 11.8 Å².